The van der Waals surface area contributed by atoms with Gasteiger partial charge in [-0.25, -0.2) is 0 Å². The van der Waals surface area contributed by atoms with Crippen LogP contribution >= 0.6 is 0 Å². The van der Waals surface area contributed by atoms with E-state index in [1.54, 1.807) is 7.11 Å². The van der Waals surface area contributed by atoms with E-state index in [1.165, 1.54) is 12.8 Å². The molecule has 0 aromatic rings. The van der Waals surface area contributed by atoms with Gasteiger partial charge in [-0.2, -0.15) is 0 Å². The lowest BCUT2D eigenvalue weighted by atomic mass is 9.79. The van der Waals surface area contributed by atoms with Crippen LogP contribution in [0.5, 0.6) is 0 Å². The maximum atomic E-state index is 10.9. The monoisotopic (exact) mass is 243 g/mol. The smallest absolute Gasteiger partial charge is 0.317 e. The van der Waals surface area contributed by atoms with Gasteiger partial charge in [-0.1, -0.05) is 20.3 Å². The SMILES string of the molecule is COCCN(CC(=O)O)C1CC(C)CCC1C. The van der Waals surface area contributed by atoms with Gasteiger partial charge >= 0.3 is 5.97 Å². The Kier molecular flexibility index (Phi) is 5.92. The highest BCUT2D eigenvalue weighted by Crippen LogP contribution is 2.31. The van der Waals surface area contributed by atoms with E-state index < -0.39 is 5.97 Å². The van der Waals surface area contributed by atoms with Gasteiger partial charge in [-0.05, 0) is 24.7 Å². The Bertz CT molecular complexity index is 245. The maximum absolute atomic E-state index is 10.9. The van der Waals surface area contributed by atoms with E-state index in [1.807, 2.05) is 0 Å². The molecule has 0 bridgehead atoms. The second-order valence-electron chi connectivity index (χ2n) is 5.32. The van der Waals surface area contributed by atoms with Crippen molar-refractivity contribution in [2.24, 2.45) is 11.8 Å². The summed E-state index contributed by atoms with van der Waals surface area (Å²) in [5.74, 6) is 0.545. The second kappa shape index (κ2) is 6.97. The summed E-state index contributed by atoms with van der Waals surface area (Å²) in [6.45, 7) is 5.94. The molecular weight excluding hydrogens is 218 g/mol. The number of methoxy groups -OCH3 is 1. The van der Waals surface area contributed by atoms with Crippen molar-refractivity contribution in [1.29, 1.82) is 0 Å². The molecule has 4 nitrogen and oxygen atoms in total. The Morgan fingerprint density at radius 2 is 2.12 bits per heavy atom. The van der Waals surface area contributed by atoms with Crippen molar-refractivity contribution in [1.82, 2.24) is 4.90 Å². The number of carbonyl (C=O) groups is 1. The first-order valence-electron chi connectivity index (χ1n) is 6.49. The summed E-state index contributed by atoms with van der Waals surface area (Å²) < 4.78 is 5.07. The molecule has 4 heteroatoms. The van der Waals surface area contributed by atoms with Crippen molar-refractivity contribution >= 4 is 5.97 Å². The zero-order valence-electron chi connectivity index (χ0n) is 11.2. The lowest BCUT2D eigenvalue weighted by Crippen LogP contribution is -2.46. The van der Waals surface area contributed by atoms with Crippen molar-refractivity contribution in [2.45, 2.75) is 39.2 Å². The van der Waals surface area contributed by atoms with Crippen LogP contribution in [0.2, 0.25) is 0 Å². The Morgan fingerprint density at radius 1 is 1.41 bits per heavy atom. The first-order chi connectivity index (χ1) is 8.04. The lowest BCUT2D eigenvalue weighted by Gasteiger charge is -2.40. The van der Waals surface area contributed by atoms with Crippen LogP contribution in [0.3, 0.4) is 0 Å². The van der Waals surface area contributed by atoms with E-state index in [-0.39, 0.29) is 6.54 Å². The average molecular weight is 243 g/mol. The summed E-state index contributed by atoms with van der Waals surface area (Å²) in [7, 11) is 1.66. The van der Waals surface area contributed by atoms with Crippen molar-refractivity contribution in [2.75, 3.05) is 26.8 Å². The molecule has 1 N–H and O–H groups in total. The molecule has 0 aromatic carbocycles. The summed E-state index contributed by atoms with van der Waals surface area (Å²) in [4.78, 5) is 13.0. The number of rotatable bonds is 6. The Labute approximate surface area is 104 Å². The highest BCUT2D eigenvalue weighted by Gasteiger charge is 2.30. The molecule has 3 atom stereocenters. The summed E-state index contributed by atoms with van der Waals surface area (Å²) >= 11 is 0. The molecule has 0 radical (unpaired) electrons. The fourth-order valence-corrected chi connectivity index (χ4v) is 2.76. The second-order valence-corrected chi connectivity index (χ2v) is 5.32. The molecule has 0 amide bonds. The molecule has 0 spiro atoms. The van der Waals surface area contributed by atoms with Crippen LogP contribution in [0.15, 0.2) is 0 Å². The number of hydrogen-bond donors (Lipinski definition) is 1. The molecule has 17 heavy (non-hydrogen) atoms. The minimum absolute atomic E-state index is 0.130. The molecule has 100 valence electrons. The number of ether oxygens (including phenoxy) is 1. The number of carboxylic acid groups (broad SMARTS) is 1. The molecule has 1 fully saturated rings. The number of hydrogen-bond acceptors (Lipinski definition) is 3. The van der Waals surface area contributed by atoms with E-state index in [0.717, 1.165) is 6.42 Å². The molecular formula is C13H25NO3. The van der Waals surface area contributed by atoms with Gasteiger partial charge in [0, 0.05) is 19.7 Å². The van der Waals surface area contributed by atoms with Gasteiger partial charge in [0.15, 0.2) is 0 Å². The first kappa shape index (κ1) is 14.5. The quantitative estimate of drug-likeness (QED) is 0.773. The van der Waals surface area contributed by atoms with Gasteiger partial charge in [0.2, 0.25) is 0 Å². The van der Waals surface area contributed by atoms with Crippen molar-refractivity contribution in [3.8, 4) is 0 Å². The van der Waals surface area contributed by atoms with Crippen LogP contribution in [0.25, 0.3) is 0 Å². The molecule has 0 aromatic heterocycles. The fraction of sp³-hybridized carbons (Fsp3) is 0.923. The largest absolute Gasteiger partial charge is 0.480 e. The van der Waals surface area contributed by atoms with Crippen molar-refractivity contribution in [3.63, 3.8) is 0 Å². The van der Waals surface area contributed by atoms with E-state index in [9.17, 15) is 4.79 Å². The van der Waals surface area contributed by atoms with Crippen LogP contribution in [-0.2, 0) is 9.53 Å². The molecule has 1 rings (SSSR count). The molecule has 1 saturated carbocycles. The van der Waals surface area contributed by atoms with Crippen LogP contribution in [-0.4, -0.2) is 48.8 Å². The highest BCUT2D eigenvalue weighted by atomic mass is 16.5. The Hall–Kier alpha value is -0.610. The number of aliphatic carboxylic acids is 1. The van der Waals surface area contributed by atoms with Gasteiger partial charge in [0.05, 0.1) is 13.2 Å². The summed E-state index contributed by atoms with van der Waals surface area (Å²) in [6, 6.07) is 0.394. The van der Waals surface area contributed by atoms with Crippen LogP contribution in [0.1, 0.15) is 33.1 Å². The molecule has 1 aliphatic rings. The zero-order valence-corrected chi connectivity index (χ0v) is 11.2. The van der Waals surface area contributed by atoms with Crippen LogP contribution in [0, 0.1) is 11.8 Å². The van der Waals surface area contributed by atoms with Crippen molar-refractivity contribution < 1.29 is 14.6 Å². The standard InChI is InChI=1S/C13H25NO3/c1-10-4-5-11(2)12(8-10)14(6-7-17-3)9-13(15)16/h10-12H,4-9H2,1-3H3,(H,15,16). The summed E-state index contributed by atoms with van der Waals surface area (Å²) in [5.41, 5.74) is 0. The van der Waals surface area contributed by atoms with Crippen molar-refractivity contribution in [3.05, 3.63) is 0 Å². The average Bonchev–Trinajstić information content (AvgIpc) is 2.27. The van der Waals surface area contributed by atoms with E-state index in [2.05, 4.69) is 18.7 Å². The fourth-order valence-electron chi connectivity index (χ4n) is 2.76. The molecule has 3 unspecified atom stereocenters. The van der Waals surface area contributed by atoms with Gasteiger partial charge in [-0.3, -0.25) is 9.69 Å². The molecule has 0 aliphatic heterocycles. The predicted octanol–water partition coefficient (Wildman–Crippen LogP) is 1.84. The van der Waals surface area contributed by atoms with E-state index >= 15 is 0 Å². The predicted molar refractivity (Wildman–Crippen MR) is 67.1 cm³/mol. The summed E-state index contributed by atoms with van der Waals surface area (Å²) in [5, 5.41) is 8.98. The minimum Gasteiger partial charge on any atom is -0.480 e. The molecule has 1 aliphatic carbocycles. The Morgan fingerprint density at radius 3 is 2.71 bits per heavy atom. The van der Waals surface area contributed by atoms with Gasteiger partial charge in [0.25, 0.3) is 0 Å². The normalized spacial score (nSPS) is 29.5. The molecule has 0 saturated heterocycles. The molecule has 0 heterocycles. The number of carboxylic acids is 1. The van der Waals surface area contributed by atoms with E-state index in [0.29, 0.717) is 31.0 Å². The third-order valence-electron chi connectivity index (χ3n) is 3.81. The van der Waals surface area contributed by atoms with Crippen LogP contribution in [0.4, 0.5) is 0 Å². The highest BCUT2D eigenvalue weighted by molar-refractivity contribution is 5.69. The number of nitrogens with zero attached hydrogens (tertiary/aromatic N) is 1. The van der Waals surface area contributed by atoms with Gasteiger partial charge < -0.3 is 9.84 Å². The first-order valence-corrected chi connectivity index (χ1v) is 6.49. The van der Waals surface area contributed by atoms with E-state index in [4.69, 9.17) is 9.84 Å². The maximum Gasteiger partial charge on any atom is 0.317 e. The minimum atomic E-state index is -0.744. The zero-order chi connectivity index (χ0) is 12.8. The lowest BCUT2D eigenvalue weighted by molar-refractivity contribution is -0.139. The summed E-state index contributed by atoms with van der Waals surface area (Å²) in [6.07, 6.45) is 3.58. The Balaban J connectivity index is 2.61. The van der Waals surface area contributed by atoms with Crippen LogP contribution < -0.4 is 0 Å². The third-order valence-corrected chi connectivity index (χ3v) is 3.81. The van der Waals surface area contributed by atoms with Gasteiger partial charge in [0.1, 0.15) is 0 Å². The topological polar surface area (TPSA) is 49.8 Å². The van der Waals surface area contributed by atoms with Gasteiger partial charge in [-0.15, -0.1) is 0 Å². The third kappa shape index (κ3) is 4.64.